The molecule has 0 fully saturated rings. The van der Waals surface area contributed by atoms with Gasteiger partial charge in [-0.15, -0.1) is 0 Å². The van der Waals surface area contributed by atoms with Gasteiger partial charge in [0.15, 0.2) is 0 Å². The van der Waals surface area contributed by atoms with Gasteiger partial charge in [-0.05, 0) is 60.7 Å². The molecule has 126 valence electrons. The highest BCUT2D eigenvalue weighted by Crippen LogP contribution is 2.24. The van der Waals surface area contributed by atoms with Crippen LogP contribution in [-0.2, 0) is 13.0 Å². The molecule has 3 aromatic rings. The number of fused-ring (bicyclic) bond motifs is 1. The lowest BCUT2D eigenvalue weighted by molar-refractivity contribution is 0.720. The summed E-state index contributed by atoms with van der Waals surface area (Å²) in [5.41, 5.74) is 6.39. The molecule has 0 unspecified atom stereocenters. The van der Waals surface area contributed by atoms with E-state index in [1.165, 1.54) is 22.3 Å². The molecule has 0 aliphatic carbocycles. The second-order valence-electron chi connectivity index (χ2n) is 6.60. The van der Waals surface area contributed by atoms with E-state index in [0.29, 0.717) is 5.95 Å². The van der Waals surface area contributed by atoms with Gasteiger partial charge in [0.1, 0.15) is 5.82 Å². The molecule has 4 nitrogen and oxygen atoms in total. The fraction of sp³-hybridized carbons (Fsp3) is 0.238. The van der Waals surface area contributed by atoms with Gasteiger partial charge in [0.25, 0.3) is 0 Å². The van der Waals surface area contributed by atoms with Gasteiger partial charge in [-0.3, -0.25) is 0 Å². The van der Waals surface area contributed by atoms with Crippen LogP contribution in [0.2, 0.25) is 0 Å². The number of anilines is 3. The second-order valence-corrected chi connectivity index (χ2v) is 6.60. The minimum Gasteiger partial charge on any atom is -0.352 e. The first kappa shape index (κ1) is 15.6. The van der Waals surface area contributed by atoms with Crippen LogP contribution in [0.15, 0.2) is 54.7 Å². The van der Waals surface area contributed by atoms with Crippen molar-refractivity contribution in [1.82, 2.24) is 9.97 Å². The van der Waals surface area contributed by atoms with Crippen molar-refractivity contribution in [3.8, 4) is 0 Å². The second kappa shape index (κ2) is 6.55. The molecule has 0 atom stereocenters. The molecule has 2 aromatic carbocycles. The molecule has 1 aromatic heterocycles. The van der Waals surface area contributed by atoms with E-state index in [0.717, 1.165) is 31.0 Å². The maximum atomic E-state index is 4.72. The molecule has 1 aliphatic rings. The summed E-state index contributed by atoms with van der Waals surface area (Å²) in [6.45, 7) is 6.11. The zero-order valence-corrected chi connectivity index (χ0v) is 14.7. The van der Waals surface area contributed by atoms with E-state index in [1.807, 2.05) is 12.3 Å². The number of nitrogens with one attached hydrogen (secondary N) is 1. The van der Waals surface area contributed by atoms with Crippen LogP contribution in [0.25, 0.3) is 0 Å². The van der Waals surface area contributed by atoms with Gasteiger partial charge in [0.2, 0.25) is 5.95 Å². The lowest BCUT2D eigenvalue weighted by Crippen LogP contribution is -2.31. The third kappa shape index (κ3) is 3.33. The Morgan fingerprint density at radius 3 is 2.64 bits per heavy atom. The van der Waals surface area contributed by atoms with Crippen molar-refractivity contribution in [2.75, 3.05) is 16.8 Å². The molecule has 25 heavy (non-hydrogen) atoms. The molecular weight excluding hydrogens is 308 g/mol. The highest BCUT2D eigenvalue weighted by atomic mass is 15.2. The van der Waals surface area contributed by atoms with Crippen molar-refractivity contribution in [3.63, 3.8) is 0 Å². The molecule has 4 rings (SSSR count). The SMILES string of the molecule is Cc1ccc(Nc2nccc(N3CCc4ccccc4C3)n2)cc1C. The van der Waals surface area contributed by atoms with Gasteiger partial charge in [0.05, 0.1) is 0 Å². The predicted molar refractivity (Wildman–Crippen MR) is 102 cm³/mol. The number of benzene rings is 2. The lowest BCUT2D eigenvalue weighted by Gasteiger charge is -2.29. The summed E-state index contributed by atoms with van der Waals surface area (Å²) in [5.74, 6) is 1.61. The third-order valence-corrected chi connectivity index (χ3v) is 4.86. The minimum absolute atomic E-state index is 0.639. The Hall–Kier alpha value is -2.88. The molecule has 1 aliphatic heterocycles. The van der Waals surface area contributed by atoms with Crippen LogP contribution in [-0.4, -0.2) is 16.5 Å². The Kier molecular flexibility index (Phi) is 4.10. The Balaban J connectivity index is 1.55. The van der Waals surface area contributed by atoms with Gasteiger partial charge < -0.3 is 10.2 Å². The summed E-state index contributed by atoms with van der Waals surface area (Å²) in [4.78, 5) is 11.4. The Morgan fingerprint density at radius 2 is 1.80 bits per heavy atom. The number of nitrogens with zero attached hydrogens (tertiary/aromatic N) is 3. The highest BCUT2D eigenvalue weighted by molar-refractivity contribution is 5.57. The fourth-order valence-electron chi connectivity index (χ4n) is 3.23. The van der Waals surface area contributed by atoms with Crippen molar-refractivity contribution in [2.45, 2.75) is 26.8 Å². The minimum atomic E-state index is 0.639. The van der Waals surface area contributed by atoms with E-state index in [2.05, 4.69) is 71.5 Å². The summed E-state index contributed by atoms with van der Waals surface area (Å²) in [6, 6.07) is 16.9. The molecule has 0 radical (unpaired) electrons. The van der Waals surface area contributed by atoms with E-state index in [-0.39, 0.29) is 0 Å². The number of rotatable bonds is 3. The number of aryl methyl sites for hydroxylation is 2. The molecule has 0 bridgehead atoms. The van der Waals surface area contributed by atoms with Gasteiger partial charge >= 0.3 is 0 Å². The first-order valence-electron chi connectivity index (χ1n) is 8.68. The quantitative estimate of drug-likeness (QED) is 0.773. The normalized spacial score (nSPS) is 13.4. The number of aromatic nitrogens is 2. The van der Waals surface area contributed by atoms with Crippen LogP contribution < -0.4 is 10.2 Å². The number of hydrogen-bond acceptors (Lipinski definition) is 4. The van der Waals surface area contributed by atoms with E-state index in [1.54, 1.807) is 0 Å². The number of hydrogen-bond donors (Lipinski definition) is 1. The van der Waals surface area contributed by atoms with Crippen LogP contribution >= 0.6 is 0 Å². The van der Waals surface area contributed by atoms with Crippen LogP contribution in [0, 0.1) is 13.8 Å². The van der Waals surface area contributed by atoms with Gasteiger partial charge in [-0.2, -0.15) is 4.98 Å². The first-order valence-corrected chi connectivity index (χ1v) is 8.68. The Morgan fingerprint density at radius 1 is 0.960 bits per heavy atom. The van der Waals surface area contributed by atoms with E-state index in [4.69, 9.17) is 4.98 Å². The average Bonchev–Trinajstić information content (AvgIpc) is 2.65. The van der Waals surface area contributed by atoms with Crippen molar-refractivity contribution in [3.05, 3.63) is 77.0 Å². The van der Waals surface area contributed by atoms with Crippen LogP contribution in [0.4, 0.5) is 17.5 Å². The molecule has 1 N–H and O–H groups in total. The molecule has 2 heterocycles. The standard InChI is InChI=1S/C21H22N4/c1-15-7-8-19(13-16(15)2)23-21-22-11-9-20(24-21)25-12-10-17-5-3-4-6-18(17)14-25/h3-9,11,13H,10,12,14H2,1-2H3,(H,22,23,24). The first-order chi connectivity index (χ1) is 12.2. The fourth-order valence-corrected chi connectivity index (χ4v) is 3.23. The van der Waals surface area contributed by atoms with E-state index >= 15 is 0 Å². The summed E-state index contributed by atoms with van der Waals surface area (Å²) >= 11 is 0. The Bertz CT molecular complexity index is 904. The van der Waals surface area contributed by atoms with Crippen molar-refractivity contribution in [1.29, 1.82) is 0 Å². The van der Waals surface area contributed by atoms with Crippen molar-refractivity contribution >= 4 is 17.5 Å². The highest BCUT2D eigenvalue weighted by Gasteiger charge is 2.17. The molecule has 0 saturated carbocycles. The maximum Gasteiger partial charge on any atom is 0.229 e. The predicted octanol–water partition coefficient (Wildman–Crippen LogP) is 4.40. The monoisotopic (exact) mass is 330 g/mol. The lowest BCUT2D eigenvalue weighted by atomic mass is 10.00. The van der Waals surface area contributed by atoms with Crippen molar-refractivity contribution in [2.24, 2.45) is 0 Å². The summed E-state index contributed by atoms with van der Waals surface area (Å²) < 4.78 is 0. The van der Waals surface area contributed by atoms with Gasteiger partial charge in [-0.25, -0.2) is 4.98 Å². The Labute approximate surface area is 148 Å². The average molecular weight is 330 g/mol. The van der Waals surface area contributed by atoms with E-state index < -0.39 is 0 Å². The smallest absolute Gasteiger partial charge is 0.229 e. The summed E-state index contributed by atoms with van der Waals surface area (Å²) in [7, 11) is 0. The third-order valence-electron chi connectivity index (χ3n) is 4.86. The van der Waals surface area contributed by atoms with Crippen LogP contribution in [0.3, 0.4) is 0 Å². The van der Waals surface area contributed by atoms with Crippen molar-refractivity contribution < 1.29 is 0 Å². The summed E-state index contributed by atoms with van der Waals surface area (Å²) in [5, 5.41) is 3.32. The molecule has 0 spiro atoms. The molecule has 0 saturated heterocycles. The maximum absolute atomic E-state index is 4.72. The van der Waals surface area contributed by atoms with Gasteiger partial charge in [-0.1, -0.05) is 30.3 Å². The van der Waals surface area contributed by atoms with E-state index in [9.17, 15) is 0 Å². The summed E-state index contributed by atoms with van der Waals surface area (Å²) in [6.07, 6.45) is 2.88. The van der Waals surface area contributed by atoms with Crippen LogP contribution in [0.5, 0.6) is 0 Å². The molecule has 4 heteroatoms. The zero-order valence-electron chi connectivity index (χ0n) is 14.7. The van der Waals surface area contributed by atoms with Crippen LogP contribution in [0.1, 0.15) is 22.3 Å². The topological polar surface area (TPSA) is 41.1 Å². The van der Waals surface area contributed by atoms with Gasteiger partial charge in [0, 0.05) is 25.0 Å². The molecular formula is C21H22N4. The molecule has 0 amide bonds. The zero-order chi connectivity index (χ0) is 17.2. The largest absolute Gasteiger partial charge is 0.352 e.